The van der Waals surface area contributed by atoms with Crippen LogP contribution in [0.25, 0.3) is 10.6 Å². The minimum atomic E-state index is -1.49. The van der Waals surface area contributed by atoms with E-state index in [9.17, 15) is 30.2 Å². The number of rotatable bonds is 13. The van der Waals surface area contributed by atoms with E-state index in [2.05, 4.69) is 22.4 Å². The van der Waals surface area contributed by atoms with Crippen LogP contribution in [0.4, 0.5) is 5.69 Å². The number of amides is 1. The Labute approximate surface area is 274 Å². The van der Waals surface area contributed by atoms with Gasteiger partial charge in [-0.25, -0.2) is 0 Å². The predicted octanol–water partition coefficient (Wildman–Crippen LogP) is 2.39. The van der Waals surface area contributed by atoms with Crippen molar-refractivity contribution in [3.05, 3.63) is 22.2 Å². The van der Waals surface area contributed by atoms with Crippen LogP contribution in [0.5, 0.6) is 11.5 Å². The first-order valence-corrected chi connectivity index (χ1v) is 17.6. The van der Waals surface area contributed by atoms with Crippen molar-refractivity contribution in [3.8, 4) is 22.1 Å². The molecule has 2 aromatic rings. The number of aliphatic hydroxyl groups excluding tert-OH is 3. The molecule has 2 saturated heterocycles. The van der Waals surface area contributed by atoms with E-state index in [4.69, 9.17) is 14.2 Å². The summed E-state index contributed by atoms with van der Waals surface area (Å²) in [5, 5.41) is 55.4. The molecule has 2 aliphatic heterocycles. The number of aliphatic hydroxyl groups is 3. The second-order valence-electron chi connectivity index (χ2n) is 11.2. The molecule has 14 nitrogen and oxygen atoms in total. The highest BCUT2D eigenvalue weighted by Gasteiger charge is 2.49. The van der Waals surface area contributed by atoms with E-state index in [0.29, 0.717) is 22.4 Å². The van der Waals surface area contributed by atoms with Crippen LogP contribution >= 0.6 is 34.9 Å². The fourth-order valence-electron chi connectivity index (χ4n) is 5.91. The molecule has 2 aliphatic rings. The van der Waals surface area contributed by atoms with E-state index in [1.807, 2.05) is 18.9 Å². The molecule has 3 heterocycles. The summed E-state index contributed by atoms with van der Waals surface area (Å²) in [4.78, 5) is 27.1. The average molecular weight is 688 g/mol. The van der Waals surface area contributed by atoms with Gasteiger partial charge in [0.05, 0.1) is 42.9 Å². The van der Waals surface area contributed by atoms with Crippen molar-refractivity contribution in [1.29, 1.82) is 0 Å². The first-order chi connectivity index (χ1) is 21.4. The second-order valence-corrected chi connectivity index (χ2v) is 14.8. The molecule has 0 radical (unpaired) electrons. The summed E-state index contributed by atoms with van der Waals surface area (Å²) < 4.78 is 17.1. The Morgan fingerprint density at radius 1 is 1.22 bits per heavy atom. The fraction of sp³-hybridized carbons (Fsp3) is 0.679. The third-order valence-corrected chi connectivity index (χ3v) is 11.4. The van der Waals surface area contributed by atoms with Gasteiger partial charge in [-0.2, -0.15) is 0 Å². The summed E-state index contributed by atoms with van der Waals surface area (Å²) in [6, 6.07) is 1.57. The number of nitro groups is 1. The lowest BCUT2D eigenvalue weighted by Crippen LogP contribution is -2.65. The maximum absolute atomic E-state index is 13.7. The van der Waals surface area contributed by atoms with Crippen LogP contribution in [-0.2, 0) is 9.53 Å². The van der Waals surface area contributed by atoms with Gasteiger partial charge >= 0.3 is 0 Å². The summed E-state index contributed by atoms with van der Waals surface area (Å²) >= 11 is 3.56. The van der Waals surface area contributed by atoms with E-state index in [0.717, 1.165) is 30.7 Å². The lowest BCUT2D eigenvalue weighted by Gasteiger charge is -2.44. The van der Waals surface area contributed by atoms with Crippen molar-refractivity contribution in [2.24, 2.45) is 5.92 Å². The molecule has 1 aromatic carbocycles. The molecule has 0 spiro atoms. The van der Waals surface area contributed by atoms with Crippen molar-refractivity contribution in [3.63, 3.8) is 0 Å². The topological polar surface area (TPSA) is 190 Å². The van der Waals surface area contributed by atoms with Crippen molar-refractivity contribution < 1.29 is 39.2 Å². The van der Waals surface area contributed by atoms with Gasteiger partial charge in [0.1, 0.15) is 29.9 Å². The summed E-state index contributed by atoms with van der Waals surface area (Å²) in [6.45, 7) is 4.75. The van der Waals surface area contributed by atoms with Crippen LogP contribution in [0.15, 0.2) is 16.5 Å². The van der Waals surface area contributed by atoms with Crippen LogP contribution < -0.4 is 14.8 Å². The van der Waals surface area contributed by atoms with Crippen LogP contribution in [-0.4, -0.2) is 123 Å². The molecule has 250 valence electrons. The molecule has 45 heavy (non-hydrogen) atoms. The summed E-state index contributed by atoms with van der Waals surface area (Å²) in [7, 11) is 4.73. The van der Waals surface area contributed by atoms with Gasteiger partial charge in [-0.1, -0.05) is 43.4 Å². The number of nitrogens with zero attached hydrogens (tertiary/aromatic N) is 4. The molecule has 1 aromatic heterocycles. The Bertz CT molecular complexity index is 1330. The average Bonchev–Trinajstić information content (AvgIpc) is 3.64. The van der Waals surface area contributed by atoms with Crippen LogP contribution in [0.2, 0.25) is 0 Å². The minimum absolute atomic E-state index is 0.204. The molecule has 0 saturated carbocycles. The molecule has 0 bridgehead atoms. The van der Waals surface area contributed by atoms with Crippen molar-refractivity contribution in [1.82, 2.24) is 20.4 Å². The molecular formula is C28H41N5O9S3. The molecule has 0 unspecified atom stereocenters. The number of thioether (sulfide) groups is 2. The number of nitro benzene ring substituents is 1. The predicted molar refractivity (Wildman–Crippen MR) is 172 cm³/mol. The molecule has 17 heteroatoms. The highest BCUT2D eigenvalue weighted by Crippen LogP contribution is 2.43. The van der Waals surface area contributed by atoms with Crippen molar-refractivity contribution in [2.45, 2.75) is 84.6 Å². The third-order valence-electron chi connectivity index (χ3n) is 8.26. The van der Waals surface area contributed by atoms with E-state index >= 15 is 0 Å². The number of ether oxygens (including phenoxy) is 3. The molecule has 1 amide bonds. The van der Waals surface area contributed by atoms with Gasteiger partial charge in [0.2, 0.25) is 5.91 Å². The summed E-state index contributed by atoms with van der Waals surface area (Å²) in [6.07, 6.45) is -0.863. The lowest BCUT2D eigenvalue weighted by atomic mass is 9.92. The monoisotopic (exact) mass is 687 g/mol. The number of aromatic nitrogens is 2. The zero-order chi connectivity index (χ0) is 33.0. The standard InChI is InChI=1S/C28H41N5O9S3/c1-7-8-14-9-17(32(3)12-14)25(37)29-20(24-22(35)21(34)23(36)27(42-24)43-6)13(2)44-28-31-30-26(45-28)15-10-18(40-4)19(41-5)11-16(15)33(38)39/h10-11,13-14,17,20-24,27,34-36H,7-9,12H2,1-6H3,(H,29,37)/t13-,14+,17-,20+,21-,22+,23+,24+,27+/m0/s1. The number of hydrogen-bond donors (Lipinski definition) is 4. The number of hydrogen-bond acceptors (Lipinski definition) is 15. The van der Waals surface area contributed by atoms with Gasteiger partial charge in [0.15, 0.2) is 20.8 Å². The Balaban J connectivity index is 1.62. The lowest BCUT2D eigenvalue weighted by molar-refractivity contribution is -0.384. The van der Waals surface area contributed by atoms with Crippen molar-refractivity contribution in [2.75, 3.05) is 34.1 Å². The zero-order valence-corrected chi connectivity index (χ0v) is 28.4. The van der Waals surface area contributed by atoms with Crippen LogP contribution in [0.3, 0.4) is 0 Å². The Morgan fingerprint density at radius 3 is 2.53 bits per heavy atom. The minimum Gasteiger partial charge on any atom is -0.493 e. The summed E-state index contributed by atoms with van der Waals surface area (Å²) in [5.74, 6) is 0.680. The number of likely N-dealkylation sites (N-methyl/N-ethyl adjacent to an activating group) is 1. The third kappa shape index (κ3) is 7.84. The highest BCUT2D eigenvalue weighted by molar-refractivity contribution is 8.01. The summed E-state index contributed by atoms with van der Waals surface area (Å²) in [5.41, 5.74) is -0.849. The SMILES string of the molecule is CCC[C@@H]1C[C@@H](C(=O)N[C@@H]([C@H]2O[C@H](SC)[C@H](O)[C@@H](O)[C@H]2O)[C@H](C)Sc2nnc(-c3cc(OC)c(OC)cc3[N+](=O)[O-])s2)N(C)C1. The molecular weight excluding hydrogens is 647 g/mol. The Morgan fingerprint density at radius 2 is 1.91 bits per heavy atom. The van der Waals surface area contributed by atoms with Gasteiger partial charge in [0.25, 0.3) is 5.69 Å². The van der Waals surface area contributed by atoms with Gasteiger partial charge in [-0.05, 0) is 32.1 Å². The number of methoxy groups -OCH3 is 2. The van der Waals surface area contributed by atoms with Gasteiger partial charge in [-0.3, -0.25) is 19.8 Å². The first-order valence-electron chi connectivity index (χ1n) is 14.6. The molecule has 4 N–H and O–H groups in total. The molecule has 4 rings (SSSR count). The smallest absolute Gasteiger partial charge is 0.283 e. The Kier molecular flexibility index (Phi) is 12.3. The van der Waals surface area contributed by atoms with E-state index in [1.54, 1.807) is 6.26 Å². The Hall–Kier alpha value is -2.25. The first kappa shape index (κ1) is 35.6. The number of nitrogens with one attached hydrogen (secondary N) is 1. The maximum Gasteiger partial charge on any atom is 0.283 e. The van der Waals surface area contributed by atoms with Gasteiger partial charge in [-0.15, -0.1) is 22.0 Å². The van der Waals surface area contributed by atoms with Crippen LogP contribution in [0, 0.1) is 16.0 Å². The van der Waals surface area contributed by atoms with Crippen molar-refractivity contribution >= 4 is 46.5 Å². The normalized spacial score (nSPS) is 28.4. The molecule has 2 fully saturated rings. The number of carbonyl (C=O) groups is 1. The highest BCUT2D eigenvalue weighted by atomic mass is 32.2. The zero-order valence-electron chi connectivity index (χ0n) is 26.0. The van der Waals surface area contributed by atoms with E-state index in [1.165, 1.54) is 49.9 Å². The van der Waals surface area contributed by atoms with E-state index < -0.39 is 46.1 Å². The van der Waals surface area contributed by atoms with E-state index in [-0.39, 0.29) is 34.0 Å². The second kappa shape index (κ2) is 15.6. The molecule has 9 atom stereocenters. The quantitative estimate of drug-likeness (QED) is 0.136. The number of likely N-dealkylation sites (tertiary alicyclic amines) is 1. The van der Waals surface area contributed by atoms with Gasteiger partial charge in [0, 0.05) is 17.9 Å². The van der Waals surface area contributed by atoms with Gasteiger partial charge < -0.3 is 34.8 Å². The molecule has 0 aliphatic carbocycles. The van der Waals surface area contributed by atoms with Crippen LogP contribution in [0.1, 0.15) is 33.1 Å². The largest absolute Gasteiger partial charge is 0.493 e. The fourth-order valence-corrected chi connectivity index (χ4v) is 8.85. The number of benzene rings is 1. The number of carbonyl (C=O) groups excluding carboxylic acids is 1. The maximum atomic E-state index is 13.7.